The van der Waals surface area contributed by atoms with E-state index >= 15 is 0 Å². The summed E-state index contributed by atoms with van der Waals surface area (Å²) in [6.45, 7) is 0. The van der Waals surface area contributed by atoms with Gasteiger partial charge in [-0.05, 0) is 127 Å². The number of hydrogen-bond acceptors (Lipinski definition) is 2. The zero-order valence-electron chi connectivity index (χ0n) is 38.7. The first-order valence-corrected chi connectivity index (χ1v) is 24.7. The zero-order chi connectivity index (χ0) is 46.8. The van der Waals surface area contributed by atoms with E-state index in [-0.39, 0.29) is 0 Å². The number of hydrogen-bond donors (Lipinski definition) is 0. The van der Waals surface area contributed by atoms with E-state index in [1.54, 1.807) is 0 Å². The second kappa shape index (κ2) is 14.0. The van der Waals surface area contributed by atoms with Crippen molar-refractivity contribution in [3.8, 4) is 50.2 Å². The maximum Gasteiger partial charge on any atom is 0.136 e. The Bertz CT molecular complexity index is 4820. The number of para-hydroxylation sites is 2. The summed E-state index contributed by atoms with van der Waals surface area (Å²) in [5, 5.41) is 14.3. The predicted octanol–water partition coefficient (Wildman–Crippen LogP) is 19.0. The van der Waals surface area contributed by atoms with Crippen LogP contribution in [0, 0.1) is 0 Å². The van der Waals surface area contributed by atoms with E-state index in [2.05, 4.69) is 239 Å². The summed E-state index contributed by atoms with van der Waals surface area (Å²) in [7, 11) is 0. The van der Waals surface area contributed by atoms with Crippen LogP contribution in [-0.4, -0.2) is 8.97 Å². The number of benzene rings is 12. The highest BCUT2D eigenvalue weighted by molar-refractivity contribution is 6.36. The maximum absolute atomic E-state index is 6.60. The largest absolute Gasteiger partial charge is 0.456 e. The van der Waals surface area contributed by atoms with Gasteiger partial charge >= 0.3 is 0 Å². The van der Waals surface area contributed by atoms with Crippen LogP contribution in [0.1, 0.15) is 0 Å². The smallest absolute Gasteiger partial charge is 0.136 e. The van der Waals surface area contributed by atoms with Crippen LogP contribution in [0.4, 0.5) is 0 Å². The fourth-order valence-corrected chi connectivity index (χ4v) is 12.8. The summed E-state index contributed by atoms with van der Waals surface area (Å²) in [4.78, 5) is 0. The molecule has 0 spiro atoms. The van der Waals surface area contributed by atoms with E-state index in [0.29, 0.717) is 0 Å². The lowest BCUT2D eigenvalue weighted by atomic mass is 9.86. The van der Waals surface area contributed by atoms with Crippen LogP contribution in [-0.2, 0) is 0 Å². The average Bonchev–Trinajstić information content (AvgIpc) is 4.04. The first kappa shape index (κ1) is 38.2. The van der Waals surface area contributed by atoms with Crippen LogP contribution >= 0.6 is 0 Å². The summed E-state index contributed by atoms with van der Waals surface area (Å²) in [6, 6.07) is 84.5. The highest BCUT2D eigenvalue weighted by Crippen LogP contribution is 2.52. The van der Waals surface area contributed by atoms with E-state index in [9.17, 15) is 0 Å². The highest BCUT2D eigenvalue weighted by Gasteiger charge is 2.29. The van der Waals surface area contributed by atoms with Crippen molar-refractivity contribution in [2.24, 2.45) is 0 Å². The normalized spacial score (nSPS) is 12.4. The molecule has 0 N–H and O–H groups in total. The van der Waals surface area contributed by atoms with E-state index < -0.39 is 0 Å². The van der Waals surface area contributed by atoms with Gasteiger partial charge in [-0.25, -0.2) is 0 Å². The van der Waals surface area contributed by atoms with Crippen LogP contribution in [0.3, 0.4) is 0 Å². The number of fused-ring (bicyclic) bond motifs is 8. The van der Waals surface area contributed by atoms with E-state index in [1.165, 1.54) is 81.9 Å². The van der Waals surface area contributed by atoms with Crippen molar-refractivity contribution < 1.29 is 8.83 Å². The highest BCUT2D eigenvalue weighted by atomic mass is 16.3. The minimum Gasteiger partial charge on any atom is -0.456 e. The molecule has 0 radical (unpaired) electrons. The molecule has 0 aliphatic heterocycles. The van der Waals surface area contributed by atoms with Crippen molar-refractivity contribution in [2.45, 2.75) is 0 Å². The van der Waals surface area contributed by atoms with Gasteiger partial charge in [0, 0.05) is 48.8 Å². The lowest BCUT2D eigenvalue weighted by molar-refractivity contribution is 0.668. The van der Waals surface area contributed by atoms with Gasteiger partial charge in [0.25, 0.3) is 0 Å². The molecule has 0 aliphatic rings. The van der Waals surface area contributed by atoms with E-state index in [4.69, 9.17) is 8.83 Å². The summed E-state index contributed by atoms with van der Waals surface area (Å²) >= 11 is 0. The minimum absolute atomic E-state index is 0.879. The molecule has 0 saturated heterocycles. The Morgan fingerprint density at radius 1 is 0.250 bits per heavy atom. The lowest BCUT2D eigenvalue weighted by Gasteiger charge is -2.29. The fraction of sp³-hybridized carbons (Fsp3) is 0. The average molecular weight is 915 g/mol. The van der Waals surface area contributed by atoms with E-state index in [0.717, 1.165) is 82.9 Å². The zero-order valence-corrected chi connectivity index (χ0v) is 38.7. The molecule has 17 rings (SSSR count). The maximum atomic E-state index is 6.60. The molecule has 0 fully saturated rings. The van der Waals surface area contributed by atoms with Crippen LogP contribution in [0.5, 0.6) is 0 Å². The molecule has 0 aliphatic carbocycles. The molecule has 332 valence electrons. The SMILES string of the molecule is c1ccc(-c2ccc(-n3c4cc(-c5cccc6oc7ccccc7c56)c5cccc6c7cc(-c8ccccc8)cc8c9cccc%10c(-c%11cccc%12oc%13ccccc%13c%11%12)cc3c(c%109)n(c78)c4c56)cc2)cc1. The molecule has 5 heterocycles. The fourth-order valence-electron chi connectivity index (χ4n) is 12.8. The lowest BCUT2D eigenvalue weighted by Crippen LogP contribution is -2.10. The molecule has 72 heavy (non-hydrogen) atoms. The van der Waals surface area contributed by atoms with Crippen LogP contribution in [0.25, 0.3) is 165 Å². The first-order chi connectivity index (χ1) is 35.7. The topological polar surface area (TPSA) is 35.6 Å². The molecular formula is C68H38N2O2. The number of pyridine rings is 2. The standard InChI is InChI=1S/C68H38N2O2/c1-3-15-39(16-4-1)41-31-33-43(34-32-41)69-56-37-52(44-25-13-29-60-62(44)50-19-7-9-27-58(50)71-60)46-21-11-23-48-54-35-42(40-17-5-2-6-18-40)36-55-49-24-12-22-47-53(38-57(69)68(65(47)49)70(66(54)55)67(56)64(46)48)45-26-14-30-61-63(45)51-20-8-10-28-59(51)72-61/h1-38H. The molecule has 0 atom stereocenters. The van der Waals surface area contributed by atoms with Crippen molar-refractivity contribution in [3.05, 3.63) is 231 Å². The summed E-state index contributed by atoms with van der Waals surface area (Å²) in [6.07, 6.45) is 0. The number of furan rings is 2. The molecule has 0 unspecified atom stereocenters. The Morgan fingerprint density at radius 3 is 1.19 bits per heavy atom. The second-order valence-electron chi connectivity index (χ2n) is 19.5. The molecule has 0 saturated carbocycles. The van der Waals surface area contributed by atoms with Crippen LogP contribution in [0.2, 0.25) is 0 Å². The van der Waals surface area contributed by atoms with Gasteiger partial charge in [-0.2, -0.15) is 0 Å². The molecule has 17 aromatic rings. The number of rotatable bonds is 5. The Hall–Kier alpha value is -9.64. The van der Waals surface area contributed by atoms with Gasteiger partial charge in [-0.15, -0.1) is 0 Å². The van der Waals surface area contributed by atoms with Crippen LogP contribution in [0.15, 0.2) is 239 Å². The third kappa shape index (κ3) is 4.99. The molecule has 0 amide bonds. The minimum atomic E-state index is 0.879. The summed E-state index contributed by atoms with van der Waals surface area (Å²) in [5.74, 6) is 0. The van der Waals surface area contributed by atoms with Crippen molar-refractivity contribution in [2.75, 3.05) is 0 Å². The number of nitrogens with zero attached hydrogens (tertiary/aromatic N) is 2. The number of aromatic nitrogens is 2. The van der Waals surface area contributed by atoms with Crippen molar-refractivity contribution in [3.63, 3.8) is 0 Å². The second-order valence-corrected chi connectivity index (χ2v) is 19.5. The van der Waals surface area contributed by atoms with Crippen molar-refractivity contribution in [1.29, 1.82) is 0 Å². The Labute approximate surface area is 411 Å². The summed E-state index contributed by atoms with van der Waals surface area (Å²) in [5.41, 5.74) is 19.8. The molecule has 5 aromatic heterocycles. The van der Waals surface area contributed by atoms with Gasteiger partial charge in [0.15, 0.2) is 0 Å². The third-order valence-corrected chi connectivity index (χ3v) is 15.8. The Morgan fingerprint density at radius 2 is 0.667 bits per heavy atom. The first-order valence-electron chi connectivity index (χ1n) is 24.7. The third-order valence-electron chi connectivity index (χ3n) is 15.8. The van der Waals surface area contributed by atoms with Gasteiger partial charge in [-0.1, -0.05) is 170 Å². The molecule has 12 aromatic carbocycles. The van der Waals surface area contributed by atoms with Crippen LogP contribution < -0.4 is 0 Å². The summed E-state index contributed by atoms with van der Waals surface area (Å²) < 4.78 is 18.4. The molecule has 4 heteroatoms. The van der Waals surface area contributed by atoms with Crippen molar-refractivity contribution in [1.82, 2.24) is 8.97 Å². The Kier molecular flexibility index (Phi) is 7.44. The monoisotopic (exact) mass is 914 g/mol. The molecular weight excluding hydrogens is 877 g/mol. The molecule has 0 bridgehead atoms. The Balaban J connectivity index is 1.13. The van der Waals surface area contributed by atoms with Gasteiger partial charge in [0.05, 0.1) is 27.6 Å². The van der Waals surface area contributed by atoms with Gasteiger partial charge in [-0.3, -0.25) is 0 Å². The van der Waals surface area contributed by atoms with Gasteiger partial charge < -0.3 is 17.8 Å². The predicted molar refractivity (Wildman–Crippen MR) is 300 cm³/mol. The molecule has 4 nitrogen and oxygen atoms in total. The van der Waals surface area contributed by atoms with Gasteiger partial charge in [0.2, 0.25) is 0 Å². The van der Waals surface area contributed by atoms with Crippen molar-refractivity contribution >= 4 is 115 Å². The van der Waals surface area contributed by atoms with E-state index in [1.807, 2.05) is 0 Å². The quantitative estimate of drug-likeness (QED) is 0.127. The van der Waals surface area contributed by atoms with Gasteiger partial charge in [0.1, 0.15) is 22.3 Å².